The number of amides is 1. The van der Waals surface area contributed by atoms with Gasteiger partial charge in [-0.25, -0.2) is 4.39 Å². The van der Waals surface area contributed by atoms with Gasteiger partial charge in [-0.05, 0) is 43.2 Å². The van der Waals surface area contributed by atoms with Crippen LogP contribution in [-0.2, 0) is 0 Å². The number of nitrogens with one attached hydrogen (secondary N) is 1. The minimum atomic E-state index is -0.277. The Kier molecular flexibility index (Phi) is 3.95. The molecule has 0 unspecified atom stereocenters. The number of benzene rings is 2. The van der Waals surface area contributed by atoms with Gasteiger partial charge in [0.1, 0.15) is 5.82 Å². The molecule has 0 saturated carbocycles. The molecule has 0 fully saturated rings. The molecule has 1 amide bonds. The van der Waals surface area contributed by atoms with E-state index in [0.717, 1.165) is 11.1 Å². The lowest BCUT2D eigenvalue weighted by molar-refractivity contribution is 0.0939. The Morgan fingerprint density at radius 2 is 1.74 bits per heavy atom. The summed E-state index contributed by atoms with van der Waals surface area (Å²) in [4.78, 5) is 12.1. The van der Waals surface area contributed by atoms with Gasteiger partial charge in [0, 0.05) is 5.56 Å². The van der Waals surface area contributed by atoms with E-state index in [9.17, 15) is 9.18 Å². The molecule has 0 aliphatic rings. The van der Waals surface area contributed by atoms with Crippen LogP contribution in [0.25, 0.3) is 0 Å². The number of hydrogen-bond donors (Lipinski definition) is 1. The lowest BCUT2D eigenvalue weighted by atomic mass is 10.1. The third-order valence-corrected chi connectivity index (χ3v) is 3.11. The van der Waals surface area contributed by atoms with Crippen molar-refractivity contribution in [3.63, 3.8) is 0 Å². The highest BCUT2D eigenvalue weighted by molar-refractivity contribution is 5.95. The molecule has 0 heterocycles. The summed E-state index contributed by atoms with van der Waals surface area (Å²) in [6.07, 6.45) is 0. The van der Waals surface area contributed by atoms with Crippen molar-refractivity contribution in [2.75, 3.05) is 0 Å². The van der Waals surface area contributed by atoms with Gasteiger partial charge in [0.2, 0.25) is 0 Å². The van der Waals surface area contributed by atoms with E-state index in [1.807, 2.05) is 32.0 Å². The Labute approximate surface area is 112 Å². The van der Waals surface area contributed by atoms with Crippen LogP contribution < -0.4 is 5.32 Å². The molecule has 0 bridgehead atoms. The van der Waals surface area contributed by atoms with Gasteiger partial charge in [0.15, 0.2) is 0 Å². The van der Waals surface area contributed by atoms with E-state index >= 15 is 0 Å². The summed E-state index contributed by atoms with van der Waals surface area (Å²) in [5.41, 5.74) is 2.48. The van der Waals surface area contributed by atoms with Gasteiger partial charge in [-0.1, -0.05) is 30.3 Å². The molecule has 2 rings (SSSR count). The van der Waals surface area contributed by atoms with Crippen molar-refractivity contribution in [2.45, 2.75) is 19.9 Å². The molecule has 0 spiro atoms. The van der Waals surface area contributed by atoms with Crippen LogP contribution in [0.5, 0.6) is 0 Å². The van der Waals surface area contributed by atoms with Crippen molar-refractivity contribution >= 4 is 5.91 Å². The minimum absolute atomic E-state index is 0.116. The molecule has 1 atom stereocenters. The Bertz CT molecular complexity index is 578. The molecule has 2 aromatic rings. The first kappa shape index (κ1) is 13.3. The van der Waals surface area contributed by atoms with Crippen molar-refractivity contribution in [1.82, 2.24) is 5.32 Å². The molecule has 0 radical (unpaired) electrons. The lowest BCUT2D eigenvalue weighted by Gasteiger charge is -2.15. The van der Waals surface area contributed by atoms with Crippen molar-refractivity contribution in [2.24, 2.45) is 0 Å². The van der Waals surface area contributed by atoms with E-state index in [1.165, 1.54) is 12.1 Å². The van der Waals surface area contributed by atoms with E-state index < -0.39 is 0 Å². The largest absolute Gasteiger partial charge is 0.346 e. The summed E-state index contributed by atoms with van der Waals surface area (Å²) in [7, 11) is 0. The van der Waals surface area contributed by atoms with Gasteiger partial charge in [0.05, 0.1) is 6.04 Å². The van der Waals surface area contributed by atoms with Crippen LogP contribution in [0.4, 0.5) is 4.39 Å². The van der Waals surface area contributed by atoms with Gasteiger partial charge >= 0.3 is 0 Å². The highest BCUT2D eigenvalue weighted by atomic mass is 19.1. The second kappa shape index (κ2) is 5.65. The van der Waals surface area contributed by atoms with Crippen molar-refractivity contribution in [3.05, 3.63) is 71.0 Å². The zero-order valence-electron chi connectivity index (χ0n) is 11.0. The molecule has 98 valence electrons. The van der Waals surface area contributed by atoms with Crippen LogP contribution in [-0.4, -0.2) is 5.91 Å². The molecule has 3 heteroatoms. The SMILES string of the molecule is Cc1ccccc1C(=O)N[C@@H](C)c1ccc(F)cc1. The number of carbonyl (C=O) groups is 1. The zero-order chi connectivity index (χ0) is 13.8. The average Bonchev–Trinajstić information content (AvgIpc) is 2.39. The Morgan fingerprint density at radius 1 is 1.11 bits per heavy atom. The fourth-order valence-corrected chi connectivity index (χ4v) is 1.94. The van der Waals surface area contributed by atoms with Crippen LogP contribution in [0, 0.1) is 12.7 Å². The molecule has 0 aliphatic heterocycles. The van der Waals surface area contributed by atoms with Crippen LogP contribution in [0.15, 0.2) is 48.5 Å². The summed E-state index contributed by atoms with van der Waals surface area (Å²) >= 11 is 0. The van der Waals surface area contributed by atoms with Crippen molar-refractivity contribution in [3.8, 4) is 0 Å². The molecule has 0 saturated heterocycles. The van der Waals surface area contributed by atoms with Gasteiger partial charge in [0.25, 0.3) is 5.91 Å². The highest BCUT2D eigenvalue weighted by Crippen LogP contribution is 2.14. The van der Waals surface area contributed by atoms with E-state index in [4.69, 9.17) is 0 Å². The topological polar surface area (TPSA) is 29.1 Å². The average molecular weight is 257 g/mol. The maximum Gasteiger partial charge on any atom is 0.252 e. The normalized spacial score (nSPS) is 11.9. The third-order valence-electron chi connectivity index (χ3n) is 3.11. The molecule has 2 nitrogen and oxygen atoms in total. The number of carbonyl (C=O) groups excluding carboxylic acids is 1. The highest BCUT2D eigenvalue weighted by Gasteiger charge is 2.12. The molecule has 1 N–H and O–H groups in total. The van der Waals surface area contributed by atoms with Crippen LogP contribution >= 0.6 is 0 Å². The Hall–Kier alpha value is -2.16. The number of rotatable bonds is 3. The first-order valence-corrected chi connectivity index (χ1v) is 6.20. The summed E-state index contributed by atoms with van der Waals surface area (Å²) in [6.45, 7) is 3.78. The van der Waals surface area contributed by atoms with Crippen molar-refractivity contribution < 1.29 is 9.18 Å². The van der Waals surface area contributed by atoms with E-state index in [2.05, 4.69) is 5.32 Å². The summed E-state index contributed by atoms with van der Waals surface area (Å²) in [5, 5.41) is 2.91. The van der Waals surface area contributed by atoms with Crippen LogP contribution in [0.1, 0.15) is 34.5 Å². The fraction of sp³-hybridized carbons (Fsp3) is 0.188. The predicted molar refractivity (Wildman–Crippen MR) is 73.5 cm³/mol. The first-order chi connectivity index (χ1) is 9.08. The minimum Gasteiger partial charge on any atom is -0.346 e. The maximum atomic E-state index is 12.8. The predicted octanol–water partition coefficient (Wildman–Crippen LogP) is 3.63. The van der Waals surface area contributed by atoms with E-state index in [0.29, 0.717) is 5.56 Å². The van der Waals surface area contributed by atoms with Gasteiger partial charge < -0.3 is 5.32 Å². The monoisotopic (exact) mass is 257 g/mol. The molecule has 0 aliphatic carbocycles. The smallest absolute Gasteiger partial charge is 0.252 e. The lowest BCUT2D eigenvalue weighted by Crippen LogP contribution is -2.27. The number of hydrogen-bond acceptors (Lipinski definition) is 1. The van der Waals surface area contributed by atoms with Crippen molar-refractivity contribution in [1.29, 1.82) is 0 Å². The fourth-order valence-electron chi connectivity index (χ4n) is 1.94. The van der Waals surface area contributed by atoms with Gasteiger partial charge in [-0.2, -0.15) is 0 Å². The summed E-state index contributed by atoms with van der Waals surface area (Å²) < 4.78 is 12.8. The second-order valence-electron chi connectivity index (χ2n) is 4.56. The first-order valence-electron chi connectivity index (χ1n) is 6.20. The molecular formula is C16H16FNO. The van der Waals surface area contributed by atoms with Gasteiger partial charge in [-0.15, -0.1) is 0 Å². The van der Waals surface area contributed by atoms with E-state index in [-0.39, 0.29) is 17.8 Å². The summed E-state index contributed by atoms with van der Waals surface area (Å²) in [6, 6.07) is 13.4. The quantitative estimate of drug-likeness (QED) is 0.893. The Balaban J connectivity index is 2.11. The number of aryl methyl sites for hydroxylation is 1. The second-order valence-corrected chi connectivity index (χ2v) is 4.56. The van der Waals surface area contributed by atoms with Crippen LogP contribution in [0.3, 0.4) is 0 Å². The number of halogens is 1. The molecule has 19 heavy (non-hydrogen) atoms. The molecule has 0 aromatic heterocycles. The molecular weight excluding hydrogens is 241 g/mol. The molecule has 2 aromatic carbocycles. The van der Waals surface area contributed by atoms with Crippen LogP contribution in [0.2, 0.25) is 0 Å². The summed E-state index contributed by atoms with van der Waals surface area (Å²) in [5.74, 6) is -0.392. The van der Waals surface area contributed by atoms with Gasteiger partial charge in [-0.3, -0.25) is 4.79 Å². The third kappa shape index (κ3) is 3.19. The Morgan fingerprint density at radius 3 is 2.37 bits per heavy atom. The maximum absolute atomic E-state index is 12.8. The standard InChI is InChI=1S/C16H16FNO/c1-11-5-3-4-6-15(11)16(19)18-12(2)13-7-9-14(17)10-8-13/h3-10,12H,1-2H3,(H,18,19)/t12-/m0/s1. The van der Waals surface area contributed by atoms with E-state index in [1.54, 1.807) is 18.2 Å². The zero-order valence-corrected chi connectivity index (χ0v) is 11.0.